The van der Waals surface area contributed by atoms with Gasteiger partial charge in [0.15, 0.2) is 0 Å². The van der Waals surface area contributed by atoms with Gasteiger partial charge >= 0.3 is 0 Å². The highest BCUT2D eigenvalue weighted by Crippen LogP contribution is 2.39. The molecule has 132 valence electrons. The molecular formula is C16H21FN2O3S2. The molecule has 0 aromatic heterocycles. The second-order valence-corrected chi connectivity index (χ2v) is 9.20. The van der Waals surface area contributed by atoms with Crippen LogP contribution in [0.5, 0.6) is 0 Å². The minimum Gasteiger partial charge on any atom is -0.336 e. The average Bonchev–Trinajstić information content (AvgIpc) is 2.83. The topological polar surface area (TPSA) is 66.5 Å². The third-order valence-corrected chi connectivity index (χ3v) is 7.28. The number of benzene rings is 1. The third kappa shape index (κ3) is 3.60. The second kappa shape index (κ2) is 7.01. The van der Waals surface area contributed by atoms with Crippen molar-refractivity contribution in [2.45, 2.75) is 47.9 Å². The SMILES string of the molecule is CSC1CC2CCC(C1)N2C(=O)CNS(=O)(=O)c1cccc(F)c1. The van der Waals surface area contributed by atoms with Crippen molar-refractivity contribution < 1.29 is 17.6 Å². The Bertz CT molecular complexity index is 712. The highest BCUT2D eigenvalue weighted by molar-refractivity contribution is 7.99. The molecule has 1 amide bonds. The van der Waals surface area contributed by atoms with Crippen LogP contribution in [0.2, 0.25) is 0 Å². The number of rotatable bonds is 5. The predicted molar refractivity (Wildman–Crippen MR) is 91.8 cm³/mol. The van der Waals surface area contributed by atoms with Crippen LogP contribution in [0.4, 0.5) is 4.39 Å². The van der Waals surface area contributed by atoms with Crippen molar-refractivity contribution in [1.82, 2.24) is 9.62 Å². The van der Waals surface area contributed by atoms with Gasteiger partial charge in [-0.25, -0.2) is 17.5 Å². The van der Waals surface area contributed by atoms with Crippen molar-refractivity contribution in [2.75, 3.05) is 12.8 Å². The quantitative estimate of drug-likeness (QED) is 0.858. The number of hydrogen-bond donors (Lipinski definition) is 1. The fraction of sp³-hybridized carbons (Fsp3) is 0.562. The minimum atomic E-state index is -3.89. The lowest BCUT2D eigenvalue weighted by Crippen LogP contribution is -2.50. The summed E-state index contributed by atoms with van der Waals surface area (Å²) in [6, 6.07) is 5.20. The summed E-state index contributed by atoms with van der Waals surface area (Å²) in [5, 5.41) is 0.579. The van der Waals surface area contributed by atoms with Crippen molar-refractivity contribution in [1.29, 1.82) is 0 Å². The maximum absolute atomic E-state index is 13.2. The van der Waals surface area contributed by atoms with Gasteiger partial charge in [0.25, 0.3) is 0 Å². The molecule has 2 heterocycles. The van der Waals surface area contributed by atoms with Crippen LogP contribution in [0.3, 0.4) is 0 Å². The molecule has 2 unspecified atom stereocenters. The summed E-state index contributed by atoms with van der Waals surface area (Å²) >= 11 is 1.84. The van der Waals surface area contributed by atoms with Gasteiger partial charge in [0, 0.05) is 17.3 Å². The highest BCUT2D eigenvalue weighted by atomic mass is 32.2. The zero-order valence-electron chi connectivity index (χ0n) is 13.4. The molecule has 0 spiro atoms. The van der Waals surface area contributed by atoms with Gasteiger partial charge in [0.2, 0.25) is 15.9 Å². The Hall–Kier alpha value is -1.12. The monoisotopic (exact) mass is 372 g/mol. The number of carbonyl (C=O) groups is 1. The molecule has 0 aliphatic carbocycles. The molecule has 2 bridgehead atoms. The molecule has 8 heteroatoms. The van der Waals surface area contributed by atoms with Crippen molar-refractivity contribution >= 4 is 27.7 Å². The Labute approximate surface area is 146 Å². The lowest BCUT2D eigenvalue weighted by molar-refractivity contribution is -0.134. The summed E-state index contributed by atoms with van der Waals surface area (Å²) in [7, 11) is -3.89. The Morgan fingerprint density at radius 1 is 1.33 bits per heavy atom. The van der Waals surface area contributed by atoms with E-state index in [-0.39, 0.29) is 29.4 Å². The van der Waals surface area contributed by atoms with E-state index in [1.54, 1.807) is 0 Å². The van der Waals surface area contributed by atoms with E-state index >= 15 is 0 Å². The standard InChI is InChI=1S/C16H21FN2O3S2/c1-23-14-8-12-5-6-13(9-14)19(12)16(20)10-18-24(21,22)15-4-2-3-11(17)7-15/h2-4,7,12-14,18H,5-6,8-10H2,1H3. The first-order valence-corrected chi connectivity index (χ1v) is 10.8. The van der Waals surface area contributed by atoms with Gasteiger partial charge in [-0.05, 0) is 50.1 Å². The van der Waals surface area contributed by atoms with Crippen LogP contribution in [0.15, 0.2) is 29.2 Å². The fourth-order valence-corrected chi connectivity index (χ4v) is 5.53. The lowest BCUT2D eigenvalue weighted by atomic mass is 10.0. The van der Waals surface area contributed by atoms with Crippen LogP contribution in [0.1, 0.15) is 25.7 Å². The Kier molecular flexibility index (Phi) is 5.17. The number of halogens is 1. The molecule has 2 aliphatic heterocycles. The minimum absolute atomic E-state index is 0.167. The highest BCUT2D eigenvalue weighted by Gasteiger charge is 2.42. The van der Waals surface area contributed by atoms with E-state index in [1.165, 1.54) is 18.2 Å². The zero-order chi connectivity index (χ0) is 17.3. The van der Waals surface area contributed by atoms with E-state index < -0.39 is 15.8 Å². The van der Waals surface area contributed by atoms with Gasteiger partial charge in [-0.2, -0.15) is 11.8 Å². The van der Waals surface area contributed by atoms with Gasteiger partial charge in [-0.3, -0.25) is 4.79 Å². The second-order valence-electron chi connectivity index (χ2n) is 6.30. The Morgan fingerprint density at radius 2 is 2.00 bits per heavy atom. The smallest absolute Gasteiger partial charge is 0.241 e. The molecule has 2 atom stereocenters. The van der Waals surface area contributed by atoms with E-state index in [2.05, 4.69) is 11.0 Å². The van der Waals surface area contributed by atoms with Crippen LogP contribution in [0.25, 0.3) is 0 Å². The number of piperidine rings is 1. The molecule has 5 nitrogen and oxygen atoms in total. The molecule has 1 N–H and O–H groups in total. The fourth-order valence-electron chi connectivity index (χ4n) is 3.69. The number of amides is 1. The van der Waals surface area contributed by atoms with Gasteiger partial charge in [0.05, 0.1) is 11.4 Å². The van der Waals surface area contributed by atoms with Gasteiger partial charge in [-0.15, -0.1) is 0 Å². The van der Waals surface area contributed by atoms with Crippen molar-refractivity contribution in [3.63, 3.8) is 0 Å². The largest absolute Gasteiger partial charge is 0.336 e. The maximum Gasteiger partial charge on any atom is 0.241 e. The van der Waals surface area contributed by atoms with Crippen molar-refractivity contribution in [3.05, 3.63) is 30.1 Å². The van der Waals surface area contributed by atoms with E-state index in [1.807, 2.05) is 16.7 Å². The van der Waals surface area contributed by atoms with Crippen LogP contribution in [-0.4, -0.2) is 49.4 Å². The van der Waals surface area contributed by atoms with E-state index in [0.717, 1.165) is 31.7 Å². The summed E-state index contributed by atoms with van der Waals surface area (Å²) < 4.78 is 39.9. The number of nitrogens with one attached hydrogen (secondary N) is 1. The molecule has 3 rings (SSSR count). The van der Waals surface area contributed by atoms with Crippen molar-refractivity contribution in [3.8, 4) is 0 Å². The maximum atomic E-state index is 13.2. The summed E-state index contributed by atoms with van der Waals surface area (Å²) in [5.74, 6) is -0.816. The van der Waals surface area contributed by atoms with E-state index in [4.69, 9.17) is 0 Å². The first-order chi connectivity index (χ1) is 11.4. The Balaban J connectivity index is 1.64. The molecule has 2 fully saturated rings. The zero-order valence-corrected chi connectivity index (χ0v) is 15.1. The Morgan fingerprint density at radius 3 is 2.58 bits per heavy atom. The predicted octanol–water partition coefficient (Wildman–Crippen LogP) is 1.99. The number of nitrogens with zero attached hydrogens (tertiary/aromatic N) is 1. The molecule has 1 aromatic carbocycles. The molecule has 1 aromatic rings. The van der Waals surface area contributed by atoms with Gasteiger partial charge < -0.3 is 4.90 Å². The van der Waals surface area contributed by atoms with E-state index in [0.29, 0.717) is 5.25 Å². The average molecular weight is 372 g/mol. The van der Waals surface area contributed by atoms with Gasteiger partial charge in [0.1, 0.15) is 5.82 Å². The molecular weight excluding hydrogens is 351 g/mol. The third-order valence-electron chi connectivity index (χ3n) is 4.83. The number of thioether (sulfide) groups is 1. The summed E-state index contributed by atoms with van der Waals surface area (Å²) in [5.41, 5.74) is 0. The lowest BCUT2D eigenvalue weighted by Gasteiger charge is -2.38. The molecule has 2 saturated heterocycles. The van der Waals surface area contributed by atoms with Gasteiger partial charge in [-0.1, -0.05) is 6.07 Å². The summed E-state index contributed by atoms with van der Waals surface area (Å²) in [6.07, 6.45) is 6.02. The van der Waals surface area contributed by atoms with E-state index in [9.17, 15) is 17.6 Å². The van der Waals surface area contributed by atoms with Crippen LogP contribution in [0, 0.1) is 5.82 Å². The number of fused-ring (bicyclic) bond motifs is 2. The summed E-state index contributed by atoms with van der Waals surface area (Å²) in [6.45, 7) is -0.282. The number of sulfonamides is 1. The molecule has 0 saturated carbocycles. The van der Waals surface area contributed by atoms with Crippen LogP contribution < -0.4 is 4.72 Å². The van der Waals surface area contributed by atoms with Crippen molar-refractivity contribution in [2.24, 2.45) is 0 Å². The first-order valence-electron chi connectivity index (χ1n) is 8.00. The number of carbonyl (C=O) groups excluding carboxylic acids is 1. The van der Waals surface area contributed by atoms with Crippen LogP contribution in [-0.2, 0) is 14.8 Å². The normalized spacial score (nSPS) is 26.6. The first kappa shape index (κ1) is 17.7. The molecule has 0 radical (unpaired) electrons. The molecule has 2 aliphatic rings. The number of hydrogen-bond acceptors (Lipinski definition) is 4. The molecule has 24 heavy (non-hydrogen) atoms. The van der Waals surface area contributed by atoms with Crippen LogP contribution >= 0.6 is 11.8 Å². The summed E-state index contributed by atoms with van der Waals surface area (Å²) in [4.78, 5) is 14.2.